The van der Waals surface area contributed by atoms with Gasteiger partial charge in [0.05, 0.1) is 0 Å². The van der Waals surface area contributed by atoms with Gasteiger partial charge in [-0.25, -0.2) is 9.97 Å². The van der Waals surface area contributed by atoms with Crippen LogP contribution >= 0.6 is 0 Å². The maximum Gasteiger partial charge on any atom is 0.179 e. The van der Waals surface area contributed by atoms with Crippen molar-refractivity contribution in [3.63, 3.8) is 0 Å². The zero-order valence-corrected chi connectivity index (χ0v) is 12.6. The highest BCUT2D eigenvalue weighted by atomic mass is 15.1. The van der Waals surface area contributed by atoms with E-state index in [1.807, 2.05) is 48.5 Å². The summed E-state index contributed by atoms with van der Waals surface area (Å²) in [6, 6.07) is 15.5. The van der Waals surface area contributed by atoms with Crippen molar-refractivity contribution in [2.45, 2.75) is 13.0 Å². The Bertz CT molecular complexity index is 1040. The maximum atomic E-state index is 9.35. The highest BCUT2D eigenvalue weighted by Crippen LogP contribution is 2.26. The Kier molecular flexibility index (Phi) is 3.81. The van der Waals surface area contributed by atoms with E-state index in [9.17, 15) is 5.26 Å². The Morgan fingerprint density at radius 1 is 0.958 bits per heavy atom. The molecule has 114 valence electrons. The number of rotatable bonds is 3. The fourth-order valence-electron chi connectivity index (χ4n) is 2.53. The average molecular weight is 313 g/mol. The number of nitrogens with two attached hydrogens (primary N) is 1. The standard InChI is InChI=1S/C17H11N7/c18-8-12-15-17(23-14(10-20)13(9-19)22-15)24(16(12)21)7-6-11-4-2-1-3-5-11/h1-5H,6-7,21H2. The van der Waals surface area contributed by atoms with E-state index < -0.39 is 0 Å². The largest absolute Gasteiger partial charge is 0.384 e. The number of anilines is 1. The summed E-state index contributed by atoms with van der Waals surface area (Å²) in [4.78, 5) is 8.29. The molecule has 2 heterocycles. The quantitative estimate of drug-likeness (QED) is 0.786. The summed E-state index contributed by atoms with van der Waals surface area (Å²) in [5.41, 5.74) is 7.76. The van der Waals surface area contributed by atoms with E-state index in [2.05, 4.69) is 9.97 Å². The van der Waals surface area contributed by atoms with E-state index >= 15 is 0 Å². The summed E-state index contributed by atoms with van der Waals surface area (Å²) >= 11 is 0. The Morgan fingerprint density at radius 2 is 1.62 bits per heavy atom. The van der Waals surface area contributed by atoms with Crippen LogP contribution in [0.5, 0.6) is 0 Å². The highest BCUT2D eigenvalue weighted by Gasteiger charge is 2.20. The summed E-state index contributed by atoms with van der Waals surface area (Å²) in [6.07, 6.45) is 0.684. The van der Waals surface area contributed by atoms with E-state index in [1.54, 1.807) is 4.57 Å². The molecule has 3 rings (SSSR count). The van der Waals surface area contributed by atoms with Gasteiger partial charge in [-0.1, -0.05) is 30.3 Å². The normalized spacial score (nSPS) is 10.0. The van der Waals surface area contributed by atoms with Gasteiger partial charge in [0.25, 0.3) is 0 Å². The van der Waals surface area contributed by atoms with Gasteiger partial charge in [-0.2, -0.15) is 15.8 Å². The third kappa shape index (κ3) is 2.39. The molecule has 0 fully saturated rings. The summed E-state index contributed by atoms with van der Waals surface area (Å²) in [5.74, 6) is 0.238. The van der Waals surface area contributed by atoms with Crippen LogP contribution in [0.4, 0.5) is 5.82 Å². The molecule has 0 aliphatic rings. The molecule has 0 aliphatic carbocycles. The Hall–Kier alpha value is -3.89. The Labute approximate surface area is 137 Å². The van der Waals surface area contributed by atoms with Crippen molar-refractivity contribution in [2.24, 2.45) is 0 Å². The number of benzene rings is 1. The number of hydrogen-bond donors (Lipinski definition) is 1. The van der Waals surface area contributed by atoms with Gasteiger partial charge >= 0.3 is 0 Å². The first kappa shape index (κ1) is 15.0. The molecule has 24 heavy (non-hydrogen) atoms. The molecule has 0 saturated carbocycles. The van der Waals surface area contributed by atoms with Crippen molar-refractivity contribution in [2.75, 3.05) is 5.73 Å². The van der Waals surface area contributed by atoms with Gasteiger partial charge in [-0.15, -0.1) is 0 Å². The first-order valence-electron chi connectivity index (χ1n) is 7.13. The summed E-state index contributed by atoms with van der Waals surface area (Å²) in [6.45, 7) is 0.486. The molecule has 2 aromatic heterocycles. The van der Waals surface area contributed by atoms with Crippen LogP contribution in [-0.4, -0.2) is 14.5 Å². The molecular formula is C17H11N7. The van der Waals surface area contributed by atoms with Gasteiger partial charge in [0.15, 0.2) is 17.0 Å². The fraction of sp³-hybridized carbons (Fsp3) is 0.118. The minimum Gasteiger partial charge on any atom is -0.384 e. The lowest BCUT2D eigenvalue weighted by atomic mass is 10.1. The molecule has 0 aliphatic heterocycles. The summed E-state index contributed by atoms with van der Waals surface area (Å²) in [5, 5.41) is 27.6. The number of aromatic nitrogens is 3. The van der Waals surface area contributed by atoms with Crippen LogP contribution in [-0.2, 0) is 13.0 Å². The molecule has 0 unspecified atom stereocenters. The number of nitrogens with zero attached hydrogens (tertiary/aromatic N) is 6. The van der Waals surface area contributed by atoms with Crippen LogP contribution in [0.25, 0.3) is 11.2 Å². The average Bonchev–Trinajstić information content (AvgIpc) is 2.89. The van der Waals surface area contributed by atoms with Gasteiger partial charge in [-0.05, 0) is 12.0 Å². The number of nitrogen functional groups attached to an aromatic ring is 1. The topological polar surface area (TPSA) is 128 Å². The zero-order valence-electron chi connectivity index (χ0n) is 12.6. The molecular weight excluding hydrogens is 302 g/mol. The number of fused-ring (bicyclic) bond motifs is 1. The van der Waals surface area contributed by atoms with E-state index in [0.717, 1.165) is 5.56 Å². The predicted octanol–water partition coefficient (Wildman–Crippen LogP) is 1.87. The van der Waals surface area contributed by atoms with Crippen molar-refractivity contribution in [1.29, 1.82) is 15.8 Å². The molecule has 3 aromatic rings. The second kappa shape index (κ2) is 6.08. The Balaban J connectivity index is 2.14. The summed E-state index contributed by atoms with van der Waals surface area (Å²) < 4.78 is 1.66. The molecule has 0 atom stereocenters. The lowest BCUT2D eigenvalue weighted by Crippen LogP contribution is -2.07. The molecule has 7 nitrogen and oxygen atoms in total. The molecule has 0 spiro atoms. The fourth-order valence-corrected chi connectivity index (χ4v) is 2.53. The van der Waals surface area contributed by atoms with Gasteiger partial charge < -0.3 is 10.3 Å². The Morgan fingerprint density at radius 3 is 2.25 bits per heavy atom. The minimum atomic E-state index is -0.110. The van der Waals surface area contributed by atoms with Crippen molar-refractivity contribution < 1.29 is 0 Å². The van der Waals surface area contributed by atoms with Crippen LogP contribution in [0.2, 0.25) is 0 Å². The smallest absolute Gasteiger partial charge is 0.179 e. The van der Waals surface area contributed by atoms with Crippen LogP contribution in [0.1, 0.15) is 22.5 Å². The van der Waals surface area contributed by atoms with Crippen molar-refractivity contribution in [3.05, 3.63) is 52.8 Å². The van der Waals surface area contributed by atoms with Crippen LogP contribution in [0.3, 0.4) is 0 Å². The third-order valence-corrected chi connectivity index (χ3v) is 3.71. The predicted molar refractivity (Wildman–Crippen MR) is 86.2 cm³/mol. The molecule has 0 bridgehead atoms. The summed E-state index contributed by atoms with van der Waals surface area (Å²) in [7, 11) is 0. The van der Waals surface area contributed by atoms with Gasteiger partial charge in [0, 0.05) is 6.54 Å². The molecule has 0 amide bonds. The lowest BCUT2D eigenvalue weighted by molar-refractivity contribution is 0.723. The molecule has 7 heteroatoms. The second-order valence-corrected chi connectivity index (χ2v) is 5.08. The van der Waals surface area contributed by atoms with E-state index in [0.29, 0.717) is 18.6 Å². The van der Waals surface area contributed by atoms with Gasteiger partial charge in [0.2, 0.25) is 0 Å². The van der Waals surface area contributed by atoms with Crippen molar-refractivity contribution >= 4 is 17.0 Å². The maximum absolute atomic E-state index is 9.35. The third-order valence-electron chi connectivity index (χ3n) is 3.71. The lowest BCUT2D eigenvalue weighted by Gasteiger charge is -2.07. The molecule has 0 radical (unpaired) electrons. The van der Waals surface area contributed by atoms with E-state index in [4.69, 9.17) is 16.3 Å². The van der Waals surface area contributed by atoms with Crippen molar-refractivity contribution in [3.8, 4) is 18.2 Å². The highest BCUT2D eigenvalue weighted by molar-refractivity contribution is 5.86. The van der Waals surface area contributed by atoms with Crippen molar-refractivity contribution in [1.82, 2.24) is 14.5 Å². The van der Waals surface area contributed by atoms with Crippen LogP contribution in [0, 0.1) is 34.0 Å². The zero-order chi connectivity index (χ0) is 17.1. The first-order chi connectivity index (χ1) is 11.7. The SMILES string of the molecule is N#Cc1nc2c(C#N)c(N)n(CCc3ccccc3)c2nc1C#N. The first-order valence-corrected chi connectivity index (χ1v) is 7.13. The van der Waals surface area contributed by atoms with Gasteiger partial charge in [0.1, 0.15) is 35.1 Å². The second-order valence-electron chi connectivity index (χ2n) is 5.08. The van der Waals surface area contributed by atoms with Crippen LogP contribution < -0.4 is 5.73 Å². The van der Waals surface area contributed by atoms with Gasteiger partial charge in [-0.3, -0.25) is 0 Å². The minimum absolute atomic E-state index is 0.0760. The number of aryl methyl sites for hydroxylation is 2. The van der Waals surface area contributed by atoms with E-state index in [-0.39, 0.29) is 28.3 Å². The molecule has 0 saturated heterocycles. The number of nitriles is 3. The van der Waals surface area contributed by atoms with Crippen LogP contribution in [0.15, 0.2) is 30.3 Å². The monoisotopic (exact) mass is 313 g/mol. The number of hydrogen-bond acceptors (Lipinski definition) is 6. The molecule has 1 aromatic carbocycles. The van der Waals surface area contributed by atoms with E-state index in [1.165, 1.54) is 0 Å². The molecule has 2 N–H and O–H groups in total.